The zero-order chi connectivity index (χ0) is 23.2. The van der Waals surface area contributed by atoms with E-state index in [4.69, 9.17) is 4.74 Å². The minimum Gasteiger partial charge on any atom is -0.376 e. The first kappa shape index (κ1) is 22.9. The molecule has 4 aromatic rings. The molecule has 172 valence electrons. The molecular formula is C26H33N6O+. The van der Waals surface area contributed by atoms with Crippen molar-refractivity contribution in [3.63, 3.8) is 0 Å². The van der Waals surface area contributed by atoms with Crippen molar-refractivity contribution >= 4 is 0 Å². The van der Waals surface area contributed by atoms with Crippen LogP contribution >= 0.6 is 0 Å². The number of benzene rings is 2. The number of aromatic amines is 1. The molecule has 1 N–H and O–H groups in total. The summed E-state index contributed by atoms with van der Waals surface area (Å²) in [6.07, 6.45) is 3.44. The zero-order valence-electron chi connectivity index (χ0n) is 20.0. The summed E-state index contributed by atoms with van der Waals surface area (Å²) in [6.45, 7) is 9.10. The Morgan fingerprint density at radius 3 is 2.42 bits per heavy atom. The first-order chi connectivity index (χ1) is 16.2. The van der Waals surface area contributed by atoms with E-state index in [1.54, 1.807) is 7.11 Å². The van der Waals surface area contributed by atoms with Gasteiger partial charge in [0.05, 0.1) is 6.54 Å². The molecule has 0 aliphatic heterocycles. The van der Waals surface area contributed by atoms with E-state index in [2.05, 4.69) is 80.9 Å². The van der Waals surface area contributed by atoms with Crippen LogP contribution in [0.25, 0.3) is 22.5 Å². The molecule has 0 fully saturated rings. The van der Waals surface area contributed by atoms with Gasteiger partial charge in [-0.3, -0.25) is 0 Å². The molecule has 0 saturated heterocycles. The van der Waals surface area contributed by atoms with Gasteiger partial charge in [0.1, 0.15) is 18.8 Å². The second-order valence-electron chi connectivity index (χ2n) is 8.29. The van der Waals surface area contributed by atoms with E-state index in [1.165, 1.54) is 35.6 Å². The van der Waals surface area contributed by atoms with Crippen LogP contribution in [0.2, 0.25) is 0 Å². The lowest BCUT2D eigenvalue weighted by atomic mass is 9.98. The van der Waals surface area contributed by atoms with Gasteiger partial charge in [0, 0.05) is 26.0 Å². The number of methoxy groups -OCH3 is 1. The largest absolute Gasteiger partial charge is 0.376 e. The van der Waals surface area contributed by atoms with Gasteiger partial charge in [-0.05, 0) is 35.2 Å². The molecule has 33 heavy (non-hydrogen) atoms. The molecule has 0 aliphatic rings. The molecule has 0 saturated carbocycles. The van der Waals surface area contributed by atoms with Gasteiger partial charge in [0.15, 0.2) is 5.69 Å². The third-order valence-electron chi connectivity index (χ3n) is 6.24. The second kappa shape index (κ2) is 10.5. The maximum Gasteiger partial charge on any atom is 0.257 e. The van der Waals surface area contributed by atoms with E-state index in [1.807, 2.05) is 18.2 Å². The Morgan fingerprint density at radius 2 is 1.79 bits per heavy atom. The number of aromatic nitrogens is 6. The van der Waals surface area contributed by atoms with E-state index in [9.17, 15) is 0 Å². The smallest absolute Gasteiger partial charge is 0.257 e. The highest BCUT2D eigenvalue weighted by Gasteiger charge is 2.26. The van der Waals surface area contributed by atoms with Gasteiger partial charge in [-0.15, -0.1) is 10.2 Å². The number of H-pyrrole nitrogens is 1. The number of unbranched alkanes of at least 4 members (excludes halogenated alkanes) is 1. The fraction of sp³-hybridized carbons (Fsp3) is 0.385. The van der Waals surface area contributed by atoms with E-state index in [-0.39, 0.29) is 0 Å². The lowest BCUT2D eigenvalue weighted by Gasteiger charge is -2.09. The molecule has 0 spiro atoms. The maximum absolute atomic E-state index is 5.58. The summed E-state index contributed by atoms with van der Waals surface area (Å²) < 4.78 is 10.5. The van der Waals surface area contributed by atoms with Crippen LogP contribution in [0.1, 0.15) is 49.5 Å². The zero-order valence-corrected chi connectivity index (χ0v) is 20.0. The van der Waals surface area contributed by atoms with Crippen LogP contribution < -0.4 is 4.57 Å². The molecule has 0 aliphatic carbocycles. The third kappa shape index (κ3) is 4.73. The van der Waals surface area contributed by atoms with Crippen molar-refractivity contribution in [3.8, 4) is 22.5 Å². The molecule has 0 amide bonds. The molecule has 0 atom stereocenters. The summed E-state index contributed by atoms with van der Waals surface area (Å²) in [4.78, 5) is 0. The Labute approximate surface area is 195 Å². The summed E-state index contributed by atoms with van der Waals surface area (Å²) in [7, 11) is 1.77. The number of nitrogens with one attached hydrogen (secondary N) is 1. The SMILES string of the molecule is CCCCc1n(CC)c(C)c(COC)[n+]1Cc1ccc(-c2ccccc2-c2nn[nH]n2)cc1. The summed E-state index contributed by atoms with van der Waals surface area (Å²) in [5.74, 6) is 1.99. The molecule has 0 bridgehead atoms. The Balaban J connectivity index is 1.67. The van der Waals surface area contributed by atoms with E-state index in [0.717, 1.165) is 36.2 Å². The van der Waals surface area contributed by atoms with Crippen molar-refractivity contribution in [2.75, 3.05) is 7.11 Å². The molecule has 7 heteroatoms. The van der Waals surface area contributed by atoms with E-state index in [0.29, 0.717) is 12.4 Å². The van der Waals surface area contributed by atoms with Gasteiger partial charge in [-0.2, -0.15) is 5.21 Å². The van der Waals surface area contributed by atoms with E-state index >= 15 is 0 Å². The summed E-state index contributed by atoms with van der Waals surface area (Å²) in [5.41, 5.74) is 7.02. The third-order valence-corrected chi connectivity index (χ3v) is 6.24. The van der Waals surface area contributed by atoms with Gasteiger partial charge in [0.25, 0.3) is 5.82 Å². The van der Waals surface area contributed by atoms with Crippen LogP contribution in [0, 0.1) is 6.92 Å². The average Bonchev–Trinajstić information content (AvgIpc) is 3.46. The van der Waals surface area contributed by atoms with Crippen molar-refractivity contribution in [3.05, 3.63) is 71.3 Å². The predicted octanol–water partition coefficient (Wildman–Crippen LogP) is 4.49. The second-order valence-corrected chi connectivity index (χ2v) is 8.29. The predicted molar refractivity (Wildman–Crippen MR) is 129 cm³/mol. The van der Waals surface area contributed by atoms with Gasteiger partial charge in [-0.1, -0.05) is 61.9 Å². The first-order valence-electron chi connectivity index (χ1n) is 11.7. The van der Waals surface area contributed by atoms with Crippen molar-refractivity contribution in [2.45, 2.75) is 59.7 Å². The minimum absolute atomic E-state index is 0.603. The number of tetrazole rings is 1. The van der Waals surface area contributed by atoms with Crippen LogP contribution in [0.4, 0.5) is 0 Å². The monoisotopic (exact) mass is 445 g/mol. The number of rotatable bonds is 10. The Hall–Kier alpha value is -3.32. The summed E-state index contributed by atoms with van der Waals surface area (Å²) >= 11 is 0. The topological polar surface area (TPSA) is 72.5 Å². The lowest BCUT2D eigenvalue weighted by Crippen LogP contribution is -2.42. The lowest BCUT2D eigenvalue weighted by molar-refractivity contribution is -0.704. The highest BCUT2D eigenvalue weighted by molar-refractivity contribution is 5.80. The Morgan fingerprint density at radius 1 is 1.03 bits per heavy atom. The number of hydrogen-bond acceptors (Lipinski definition) is 4. The highest BCUT2D eigenvalue weighted by atomic mass is 16.5. The molecule has 2 heterocycles. The Kier molecular flexibility index (Phi) is 7.29. The minimum atomic E-state index is 0.603. The van der Waals surface area contributed by atoms with Crippen molar-refractivity contribution < 1.29 is 9.30 Å². The van der Waals surface area contributed by atoms with Crippen molar-refractivity contribution in [1.29, 1.82) is 0 Å². The molecule has 2 aromatic heterocycles. The highest BCUT2D eigenvalue weighted by Crippen LogP contribution is 2.29. The molecule has 2 aromatic carbocycles. The van der Waals surface area contributed by atoms with Crippen LogP contribution in [0.15, 0.2) is 48.5 Å². The first-order valence-corrected chi connectivity index (χ1v) is 11.7. The van der Waals surface area contributed by atoms with Gasteiger partial charge in [-0.25, -0.2) is 9.13 Å². The normalized spacial score (nSPS) is 11.3. The number of nitrogens with zero attached hydrogens (tertiary/aromatic N) is 5. The molecule has 0 unspecified atom stereocenters. The Bertz CT molecular complexity index is 1180. The van der Waals surface area contributed by atoms with Crippen molar-refractivity contribution in [1.82, 2.24) is 25.2 Å². The van der Waals surface area contributed by atoms with E-state index < -0.39 is 0 Å². The molecular weight excluding hydrogens is 412 g/mol. The van der Waals surface area contributed by atoms with Crippen LogP contribution in [-0.2, 0) is 30.9 Å². The molecule has 7 nitrogen and oxygen atoms in total. The number of ether oxygens (including phenoxy) is 1. The standard InChI is InChI=1S/C26H33N6O/c1-5-7-12-25-31(6-2)19(3)24(18-33-4)32(25)17-20-13-15-21(16-14-20)22-10-8-9-11-23(22)26-27-29-30-28-26/h8-11,13-16H,5-7,12,17-18H2,1-4H3,(H,27,28,29,30)/q+1. The van der Waals surface area contributed by atoms with Crippen LogP contribution in [-0.4, -0.2) is 32.3 Å². The average molecular weight is 446 g/mol. The van der Waals surface area contributed by atoms with Crippen LogP contribution in [0.3, 0.4) is 0 Å². The quantitative estimate of drug-likeness (QED) is 0.365. The molecule has 0 radical (unpaired) electrons. The van der Waals surface area contributed by atoms with Gasteiger partial charge >= 0.3 is 0 Å². The number of hydrogen-bond donors (Lipinski definition) is 1. The molecule has 4 rings (SSSR count). The summed E-state index contributed by atoms with van der Waals surface area (Å²) in [5, 5.41) is 14.6. The fourth-order valence-corrected chi connectivity index (χ4v) is 4.55. The van der Waals surface area contributed by atoms with Crippen molar-refractivity contribution in [2.24, 2.45) is 0 Å². The summed E-state index contributed by atoms with van der Waals surface area (Å²) in [6, 6.07) is 17.0. The fourth-order valence-electron chi connectivity index (χ4n) is 4.55. The number of imidazole rings is 1. The van der Waals surface area contributed by atoms with Gasteiger partial charge < -0.3 is 4.74 Å². The maximum atomic E-state index is 5.58. The van der Waals surface area contributed by atoms with Gasteiger partial charge in [0.2, 0.25) is 5.82 Å². The van der Waals surface area contributed by atoms with Crippen LogP contribution in [0.5, 0.6) is 0 Å².